The third-order valence-electron chi connectivity index (χ3n) is 6.24. The van der Waals surface area contributed by atoms with Crippen molar-refractivity contribution in [3.05, 3.63) is 12.2 Å². The Kier molecular flexibility index (Phi) is 13.0. The molecular weight excluding hydrogens is 950 g/mol. The fourth-order valence-electron chi connectivity index (χ4n) is 3.02. The Morgan fingerprint density at radius 2 is 0.397 bits per heavy atom. The van der Waals surface area contributed by atoms with Crippen molar-refractivity contribution in [3.63, 3.8) is 0 Å². The van der Waals surface area contributed by atoms with Crippen molar-refractivity contribution in [2.24, 2.45) is 0 Å². The van der Waals surface area contributed by atoms with E-state index in [4.69, 9.17) is 0 Å². The molecule has 0 aromatic carbocycles. The molecule has 0 bridgehead atoms. The third kappa shape index (κ3) is 7.30. The molecule has 0 aliphatic heterocycles. The molecule has 0 amide bonds. The van der Waals surface area contributed by atoms with E-state index in [1.807, 2.05) is 0 Å². The number of alkyl halides is 34. The van der Waals surface area contributed by atoms with E-state index in [1.165, 1.54) is 0 Å². The Morgan fingerprint density at radius 3 is 0.552 bits per heavy atom. The maximum atomic E-state index is 14.3. The first-order valence-electron chi connectivity index (χ1n) is 12.1. The Labute approximate surface area is 289 Å². The largest absolute Gasteiger partial charge is 0.467 e. The van der Waals surface area contributed by atoms with Gasteiger partial charge in [0.25, 0.3) is 0 Å². The summed E-state index contributed by atoms with van der Waals surface area (Å²) >= 11 is 0. The summed E-state index contributed by atoms with van der Waals surface area (Å²) in [5.74, 6) is -117. The van der Waals surface area contributed by atoms with Crippen LogP contribution in [0, 0.1) is 0 Å². The molecule has 4 nitrogen and oxygen atoms in total. The number of halogens is 34. The zero-order chi connectivity index (χ0) is 48.0. The summed E-state index contributed by atoms with van der Waals surface area (Å²) in [5.41, 5.74) is 0. The van der Waals surface area contributed by atoms with Crippen LogP contribution in [0.25, 0.3) is 0 Å². The Hall–Kier alpha value is -3.70. The predicted molar refractivity (Wildman–Crippen MR) is 103 cm³/mol. The molecule has 0 spiro atoms. The molecule has 2 unspecified atom stereocenters. The summed E-state index contributed by atoms with van der Waals surface area (Å²) in [6.45, 7) is 0. The second-order valence-corrected chi connectivity index (χ2v) is 10.1. The average molecular weight is 952 g/mol. The zero-order valence-corrected chi connectivity index (χ0v) is 24.6. The number of rotatable bonds is 14. The lowest BCUT2D eigenvalue weighted by molar-refractivity contribution is -0.477. The molecule has 0 fully saturated rings. The molecule has 0 heterocycles. The van der Waals surface area contributed by atoms with Crippen molar-refractivity contribution in [1.29, 1.82) is 0 Å². The maximum Gasteiger partial charge on any atom is 0.467 e. The summed E-state index contributed by atoms with van der Waals surface area (Å²) in [5, 5.41) is 0. The molecule has 38 heteroatoms. The topological polar surface area (TPSA) is 52.6 Å². The summed E-state index contributed by atoms with van der Waals surface area (Å²) in [6, 6.07) is 0. The summed E-state index contributed by atoms with van der Waals surface area (Å²) in [6.07, 6.45) is -37.6. The van der Waals surface area contributed by atoms with Crippen molar-refractivity contribution in [2.75, 3.05) is 0 Å². The van der Waals surface area contributed by atoms with E-state index in [-0.39, 0.29) is 0 Å². The van der Waals surface area contributed by atoms with Crippen molar-refractivity contribution in [1.82, 2.24) is 0 Å². The second-order valence-electron chi connectivity index (χ2n) is 10.1. The van der Waals surface area contributed by atoms with Gasteiger partial charge in [-0.2, -0.15) is 149 Å². The molecule has 0 rings (SSSR count). The standard InChI is InChI=1S/C20H2F34O4/c21-5(22,9(29,30)13(37,38)17(43,44)45)7(25,26)11(33,34)15(41,19(49,50)51)57-3(55)1-2-4(56)58-16(42,20(52,53)54)12(35,36)8(27,28)6(23,24)10(31,32)14(39,40)18(46,47)48/h1-2H. The van der Waals surface area contributed by atoms with Gasteiger partial charge in [0.1, 0.15) is 0 Å². The van der Waals surface area contributed by atoms with E-state index in [0.717, 1.165) is 0 Å². The van der Waals surface area contributed by atoms with Crippen LogP contribution in [0.2, 0.25) is 0 Å². The normalized spacial score (nSPS) is 18.2. The minimum absolute atomic E-state index is 1.75. The smallest absolute Gasteiger partial charge is 0.411 e. The first-order chi connectivity index (χ1) is 24.5. The van der Waals surface area contributed by atoms with Gasteiger partial charge in [0, 0.05) is 12.2 Å². The maximum absolute atomic E-state index is 14.3. The van der Waals surface area contributed by atoms with Gasteiger partial charge in [-0.05, 0) is 0 Å². The molecule has 0 aliphatic carbocycles. The summed E-state index contributed by atoms with van der Waals surface area (Å²) in [7, 11) is 0. The molecule has 344 valence electrons. The van der Waals surface area contributed by atoms with Gasteiger partial charge in [-0.1, -0.05) is 0 Å². The minimum atomic E-state index is -9.38. The molecule has 0 saturated carbocycles. The Balaban J connectivity index is 7.25. The van der Waals surface area contributed by atoms with Crippen LogP contribution in [0.4, 0.5) is 149 Å². The fraction of sp³-hybridized carbons (Fsp3) is 0.800. The van der Waals surface area contributed by atoms with E-state index in [0.29, 0.717) is 0 Å². The van der Waals surface area contributed by atoms with Gasteiger partial charge in [-0.25, -0.2) is 9.59 Å². The monoisotopic (exact) mass is 952 g/mol. The lowest BCUT2D eigenvalue weighted by atomic mass is 9.90. The number of hydrogen-bond donors (Lipinski definition) is 0. The van der Waals surface area contributed by atoms with Crippen LogP contribution in [0.3, 0.4) is 0 Å². The minimum Gasteiger partial charge on any atom is -0.411 e. The summed E-state index contributed by atoms with van der Waals surface area (Å²) in [4.78, 5) is 22.6. The van der Waals surface area contributed by atoms with Crippen LogP contribution in [0.1, 0.15) is 0 Å². The van der Waals surface area contributed by atoms with Gasteiger partial charge in [-0.3, -0.25) is 0 Å². The lowest BCUT2D eigenvalue weighted by Crippen LogP contribution is -2.75. The highest BCUT2D eigenvalue weighted by molar-refractivity contribution is 5.92. The average Bonchev–Trinajstić information content (AvgIpc) is 2.96. The van der Waals surface area contributed by atoms with Crippen LogP contribution in [0.15, 0.2) is 12.2 Å². The van der Waals surface area contributed by atoms with Crippen LogP contribution in [-0.4, -0.2) is 108 Å². The predicted octanol–water partition coefficient (Wildman–Crippen LogP) is 10.6. The Morgan fingerprint density at radius 1 is 0.241 bits per heavy atom. The van der Waals surface area contributed by atoms with Crippen molar-refractivity contribution in [3.8, 4) is 0 Å². The van der Waals surface area contributed by atoms with Gasteiger partial charge in [-0.15, -0.1) is 0 Å². The molecule has 2 atom stereocenters. The number of ether oxygens (including phenoxy) is 2. The van der Waals surface area contributed by atoms with Crippen molar-refractivity contribution in [2.45, 2.75) is 95.6 Å². The van der Waals surface area contributed by atoms with Crippen LogP contribution < -0.4 is 0 Å². The third-order valence-corrected chi connectivity index (χ3v) is 6.24. The summed E-state index contributed by atoms with van der Waals surface area (Å²) < 4.78 is 453. The molecule has 0 aromatic heterocycles. The van der Waals surface area contributed by atoms with E-state index in [1.54, 1.807) is 9.47 Å². The molecule has 0 aromatic rings. The van der Waals surface area contributed by atoms with Gasteiger partial charge >= 0.3 is 108 Å². The number of esters is 2. The van der Waals surface area contributed by atoms with Gasteiger partial charge in [0.15, 0.2) is 0 Å². The van der Waals surface area contributed by atoms with E-state index in [9.17, 15) is 159 Å². The first-order valence-corrected chi connectivity index (χ1v) is 12.1. The molecule has 0 saturated heterocycles. The van der Waals surface area contributed by atoms with Gasteiger partial charge in [0.05, 0.1) is 0 Å². The van der Waals surface area contributed by atoms with Crippen LogP contribution in [-0.2, 0) is 19.1 Å². The van der Waals surface area contributed by atoms with Crippen LogP contribution in [0.5, 0.6) is 0 Å². The molecule has 0 radical (unpaired) electrons. The van der Waals surface area contributed by atoms with Gasteiger partial charge < -0.3 is 9.47 Å². The first kappa shape index (κ1) is 54.3. The molecule has 58 heavy (non-hydrogen) atoms. The fourth-order valence-corrected chi connectivity index (χ4v) is 3.02. The van der Waals surface area contributed by atoms with E-state index < -0.39 is 120 Å². The number of hydrogen-bond acceptors (Lipinski definition) is 4. The highest BCUT2D eigenvalue weighted by Gasteiger charge is 2.98. The van der Waals surface area contributed by atoms with E-state index in [2.05, 4.69) is 0 Å². The van der Waals surface area contributed by atoms with Crippen LogP contribution >= 0.6 is 0 Å². The number of carbonyl (C=O) groups excluding carboxylic acids is 2. The molecule has 0 aliphatic rings. The quantitative estimate of drug-likeness (QED) is 0.0989. The second kappa shape index (κ2) is 13.9. The van der Waals surface area contributed by atoms with E-state index >= 15 is 0 Å². The SMILES string of the molecule is O=C(C=CC(=O)OC(F)(C(F)(F)F)C(F)(F)C(F)(F)C(F)(F)C(F)(F)C(F)(F)C(F)(F)F)OC(F)(C(F)(F)F)C(F)(F)C(F)(F)C(F)(F)C(F)(F)C(F)(F)C(F)(F)F. The zero-order valence-electron chi connectivity index (χ0n) is 24.6. The lowest BCUT2D eigenvalue weighted by Gasteiger charge is -2.43. The van der Waals surface area contributed by atoms with Gasteiger partial charge in [0.2, 0.25) is 0 Å². The van der Waals surface area contributed by atoms with Crippen molar-refractivity contribution >= 4 is 11.9 Å². The molecular formula is C20H2F34O4. The highest BCUT2D eigenvalue weighted by Crippen LogP contribution is 2.66. The number of carbonyl (C=O) groups is 2. The molecule has 0 N–H and O–H groups in total. The Bertz CT molecular complexity index is 1440. The highest BCUT2D eigenvalue weighted by atomic mass is 19.5. The van der Waals surface area contributed by atoms with Crippen molar-refractivity contribution < 1.29 is 168 Å².